The maximum Gasteiger partial charge on any atom is 0.378 e. The van der Waals surface area contributed by atoms with Crippen molar-refractivity contribution in [3.63, 3.8) is 0 Å². The summed E-state index contributed by atoms with van der Waals surface area (Å²) in [7, 11) is -0.511. The SMILES string of the molecule is CB(O)N(CNCN)CNCN. The van der Waals surface area contributed by atoms with E-state index in [1.165, 1.54) is 0 Å². The van der Waals surface area contributed by atoms with E-state index in [2.05, 4.69) is 10.6 Å². The Hall–Kier alpha value is -0.175. The summed E-state index contributed by atoms with van der Waals surface area (Å²) in [6, 6.07) is 0. The number of hydrogen-bond donors (Lipinski definition) is 5. The van der Waals surface area contributed by atoms with Crippen LogP contribution in [-0.2, 0) is 0 Å². The highest BCUT2D eigenvalue weighted by atomic mass is 16.2. The Bertz CT molecular complexity index is 95.8. The van der Waals surface area contributed by atoms with Crippen molar-refractivity contribution in [2.24, 2.45) is 11.5 Å². The molecule has 0 unspecified atom stereocenters. The topological polar surface area (TPSA) is 99.6 Å². The van der Waals surface area contributed by atoms with Gasteiger partial charge in [0, 0.05) is 26.7 Å². The van der Waals surface area contributed by atoms with Gasteiger partial charge in [-0.15, -0.1) is 0 Å². The first kappa shape index (κ1) is 11.8. The molecule has 0 aliphatic heterocycles. The number of hydrogen-bond acceptors (Lipinski definition) is 6. The zero-order valence-corrected chi connectivity index (χ0v) is 7.45. The van der Waals surface area contributed by atoms with Crippen LogP contribution in [0, 0.1) is 0 Å². The molecule has 0 rings (SSSR count). The van der Waals surface area contributed by atoms with Gasteiger partial charge in [0.05, 0.1) is 0 Å². The van der Waals surface area contributed by atoms with Gasteiger partial charge in [-0.25, -0.2) is 0 Å². The molecule has 0 heterocycles. The van der Waals surface area contributed by atoms with Crippen LogP contribution < -0.4 is 22.1 Å². The Morgan fingerprint density at radius 2 is 1.67 bits per heavy atom. The monoisotopic (exact) mass is 175 g/mol. The van der Waals surface area contributed by atoms with Crippen molar-refractivity contribution in [3.05, 3.63) is 0 Å². The summed E-state index contributed by atoms with van der Waals surface area (Å²) >= 11 is 0. The fourth-order valence-electron chi connectivity index (χ4n) is 0.736. The molecular weight excluding hydrogens is 157 g/mol. The number of rotatable bonds is 7. The van der Waals surface area contributed by atoms with E-state index in [9.17, 15) is 5.02 Å². The predicted octanol–water partition coefficient (Wildman–Crippen LogP) is -2.67. The minimum absolute atomic E-state index is 0.395. The molecule has 7 N–H and O–H groups in total. The predicted molar refractivity (Wildman–Crippen MR) is 49.8 cm³/mol. The van der Waals surface area contributed by atoms with E-state index in [-0.39, 0.29) is 0 Å². The first-order valence-electron chi connectivity index (χ1n) is 3.96. The molecule has 0 fully saturated rings. The number of nitrogens with zero attached hydrogens (tertiary/aromatic N) is 1. The Morgan fingerprint density at radius 3 is 1.92 bits per heavy atom. The third-order valence-electron chi connectivity index (χ3n) is 1.45. The van der Waals surface area contributed by atoms with Crippen LogP contribution in [0.4, 0.5) is 0 Å². The van der Waals surface area contributed by atoms with Gasteiger partial charge in [-0.05, 0) is 6.82 Å². The van der Waals surface area contributed by atoms with Crippen LogP contribution >= 0.6 is 0 Å². The fraction of sp³-hybridized carbons (Fsp3) is 1.00. The third kappa shape index (κ3) is 5.47. The van der Waals surface area contributed by atoms with Crippen molar-refractivity contribution < 1.29 is 5.02 Å². The van der Waals surface area contributed by atoms with E-state index in [0.29, 0.717) is 26.7 Å². The molecule has 0 amide bonds. The smallest absolute Gasteiger partial charge is 0.378 e. The van der Waals surface area contributed by atoms with E-state index >= 15 is 0 Å². The normalized spacial score (nSPS) is 10.8. The Labute approximate surface area is 73.4 Å². The summed E-state index contributed by atoms with van der Waals surface area (Å²) < 4.78 is 0. The van der Waals surface area contributed by atoms with Gasteiger partial charge in [0.15, 0.2) is 0 Å². The summed E-state index contributed by atoms with van der Waals surface area (Å²) in [5, 5.41) is 15.0. The van der Waals surface area contributed by atoms with Gasteiger partial charge >= 0.3 is 7.05 Å². The number of nitrogens with two attached hydrogens (primary N) is 2. The van der Waals surface area contributed by atoms with Crippen molar-refractivity contribution >= 4 is 7.05 Å². The molecule has 0 aliphatic carbocycles. The van der Waals surface area contributed by atoms with Gasteiger partial charge in [0.1, 0.15) is 0 Å². The van der Waals surface area contributed by atoms with Crippen molar-refractivity contribution in [2.45, 2.75) is 6.82 Å². The quantitative estimate of drug-likeness (QED) is 0.214. The average molecular weight is 175 g/mol. The van der Waals surface area contributed by atoms with Crippen molar-refractivity contribution in [1.82, 2.24) is 15.4 Å². The largest absolute Gasteiger partial charge is 0.437 e. The average Bonchev–Trinajstić information content (AvgIpc) is 2.04. The first-order valence-corrected chi connectivity index (χ1v) is 3.96. The summed E-state index contributed by atoms with van der Waals surface area (Å²) in [5.41, 5.74) is 10.5. The third-order valence-corrected chi connectivity index (χ3v) is 1.45. The molecule has 0 saturated carbocycles. The second-order valence-electron chi connectivity index (χ2n) is 2.45. The summed E-state index contributed by atoms with van der Waals surface area (Å²) in [6.07, 6.45) is 0. The maximum atomic E-state index is 9.23. The van der Waals surface area contributed by atoms with Gasteiger partial charge in [-0.1, -0.05) is 0 Å². The molecule has 0 atom stereocenters. The van der Waals surface area contributed by atoms with Crippen LogP contribution in [0.2, 0.25) is 6.82 Å². The molecule has 0 aromatic carbocycles. The molecule has 0 bridgehead atoms. The van der Waals surface area contributed by atoms with Gasteiger partial charge < -0.3 is 16.5 Å². The highest BCUT2D eigenvalue weighted by molar-refractivity contribution is 6.45. The van der Waals surface area contributed by atoms with Crippen LogP contribution in [0.25, 0.3) is 0 Å². The molecule has 6 nitrogen and oxygen atoms in total. The lowest BCUT2D eigenvalue weighted by molar-refractivity contribution is 0.321. The number of nitrogens with one attached hydrogen (secondary N) is 2. The van der Waals surface area contributed by atoms with E-state index in [1.54, 1.807) is 11.6 Å². The lowest BCUT2D eigenvalue weighted by Crippen LogP contribution is -2.49. The molecule has 0 aromatic heterocycles. The van der Waals surface area contributed by atoms with Crippen molar-refractivity contribution in [1.29, 1.82) is 0 Å². The van der Waals surface area contributed by atoms with Crippen LogP contribution in [0.3, 0.4) is 0 Å². The van der Waals surface area contributed by atoms with E-state index in [0.717, 1.165) is 0 Å². The molecule has 12 heavy (non-hydrogen) atoms. The molecular formula is C5H18BN5O. The molecule has 0 aromatic rings. The zero-order valence-electron chi connectivity index (χ0n) is 7.45. The summed E-state index contributed by atoms with van der Waals surface area (Å²) in [4.78, 5) is 1.76. The van der Waals surface area contributed by atoms with E-state index in [1.807, 2.05) is 0 Å². The van der Waals surface area contributed by atoms with Crippen molar-refractivity contribution in [2.75, 3.05) is 26.7 Å². The lowest BCUT2D eigenvalue weighted by atomic mass is 9.86. The van der Waals surface area contributed by atoms with Crippen LogP contribution in [-0.4, -0.2) is 43.6 Å². The minimum atomic E-state index is -0.511. The van der Waals surface area contributed by atoms with Crippen LogP contribution in [0.5, 0.6) is 0 Å². The van der Waals surface area contributed by atoms with Crippen LogP contribution in [0.1, 0.15) is 0 Å². The molecule has 0 radical (unpaired) electrons. The van der Waals surface area contributed by atoms with Gasteiger partial charge in [-0.2, -0.15) is 0 Å². The van der Waals surface area contributed by atoms with Crippen molar-refractivity contribution in [3.8, 4) is 0 Å². The molecule has 72 valence electrons. The molecule has 7 heteroatoms. The minimum Gasteiger partial charge on any atom is -0.437 e. The summed E-state index contributed by atoms with van der Waals surface area (Å²) in [6.45, 7) is 3.57. The first-order chi connectivity index (χ1) is 5.72. The lowest BCUT2D eigenvalue weighted by Gasteiger charge is -2.23. The van der Waals surface area contributed by atoms with Crippen LogP contribution in [0.15, 0.2) is 0 Å². The molecule has 0 saturated heterocycles. The fourth-order valence-corrected chi connectivity index (χ4v) is 0.736. The highest BCUT2D eigenvalue weighted by Crippen LogP contribution is 1.85. The Morgan fingerprint density at radius 1 is 1.25 bits per heavy atom. The van der Waals surface area contributed by atoms with Gasteiger partial charge in [-0.3, -0.25) is 15.4 Å². The molecule has 0 spiro atoms. The standard InChI is InChI=1S/C5H18BN5O/c1-6(12)11(4-9-2-7)5-10-3-8/h9-10,12H,2-5,7-8H2,1H3. The maximum absolute atomic E-state index is 9.23. The second kappa shape index (κ2) is 7.47. The summed E-state index contributed by atoms with van der Waals surface area (Å²) in [5.74, 6) is 0. The van der Waals surface area contributed by atoms with Gasteiger partial charge in [0.25, 0.3) is 0 Å². The zero-order chi connectivity index (χ0) is 9.40. The van der Waals surface area contributed by atoms with Gasteiger partial charge in [0.2, 0.25) is 0 Å². The second-order valence-corrected chi connectivity index (χ2v) is 2.45. The van der Waals surface area contributed by atoms with E-state index in [4.69, 9.17) is 11.5 Å². The Balaban J connectivity index is 3.55. The Kier molecular flexibility index (Phi) is 7.36. The highest BCUT2D eigenvalue weighted by Gasteiger charge is 2.13. The molecule has 0 aliphatic rings. The van der Waals surface area contributed by atoms with E-state index < -0.39 is 7.05 Å².